The molecule has 0 radical (unpaired) electrons. The first-order valence-electron chi connectivity index (χ1n) is 12.9. The maximum Gasteiger partial charge on any atom is 0.339 e. The van der Waals surface area contributed by atoms with Gasteiger partial charge in [-0.2, -0.15) is 0 Å². The van der Waals surface area contributed by atoms with E-state index in [1.807, 2.05) is 6.07 Å². The van der Waals surface area contributed by atoms with Crippen LogP contribution in [0.3, 0.4) is 0 Å². The lowest BCUT2D eigenvalue weighted by molar-refractivity contribution is -0.263. The molecule has 35 heavy (non-hydrogen) atoms. The Morgan fingerprint density at radius 3 is 2.46 bits per heavy atom. The highest BCUT2D eigenvalue weighted by molar-refractivity contribution is 5.86. The zero-order chi connectivity index (χ0) is 25.2. The number of carbonyl (C=O) groups excluding carboxylic acids is 3. The first-order chi connectivity index (χ1) is 16.3. The summed E-state index contributed by atoms with van der Waals surface area (Å²) in [4.78, 5) is 38.7. The molecule has 190 valence electrons. The second-order valence-electron chi connectivity index (χ2n) is 12.9. The van der Waals surface area contributed by atoms with E-state index < -0.39 is 40.2 Å². The molecular weight excluding hydrogens is 448 g/mol. The molecule has 2 aliphatic heterocycles. The Hall–Kier alpha value is -2.15. The number of fused-ring (bicyclic) bond motifs is 3. The third kappa shape index (κ3) is 2.53. The lowest BCUT2D eigenvalue weighted by atomic mass is 9.35. The van der Waals surface area contributed by atoms with Gasteiger partial charge in [0.15, 0.2) is 6.10 Å². The van der Waals surface area contributed by atoms with Crippen LogP contribution < -0.4 is 0 Å². The molecule has 0 N–H and O–H groups in total. The van der Waals surface area contributed by atoms with Crippen LogP contribution in [-0.4, -0.2) is 35.5 Å². The molecule has 2 saturated heterocycles. The first kappa shape index (κ1) is 23.3. The van der Waals surface area contributed by atoms with Gasteiger partial charge in [-0.25, -0.2) is 4.79 Å². The van der Waals surface area contributed by atoms with Gasteiger partial charge in [0.2, 0.25) is 0 Å². The third-order valence-electron chi connectivity index (χ3n) is 11.3. The highest BCUT2D eigenvalue weighted by atomic mass is 16.7. The number of ketones is 1. The summed E-state index contributed by atoms with van der Waals surface area (Å²) in [7, 11) is 0. The molecule has 6 rings (SSSR count). The van der Waals surface area contributed by atoms with Crippen molar-refractivity contribution in [3.05, 3.63) is 24.2 Å². The van der Waals surface area contributed by atoms with Gasteiger partial charge in [-0.1, -0.05) is 34.6 Å². The maximum atomic E-state index is 13.3. The molecule has 3 aliphatic carbocycles. The summed E-state index contributed by atoms with van der Waals surface area (Å²) in [6.07, 6.45) is 5.22. The van der Waals surface area contributed by atoms with Gasteiger partial charge in [0.1, 0.15) is 23.6 Å². The van der Waals surface area contributed by atoms with E-state index in [9.17, 15) is 14.4 Å². The molecular formula is C28H36O7. The number of Topliss-reactive ketones (excluding diaryl/α,β-unsaturated/α-hetero) is 1. The Balaban J connectivity index is 1.53. The Kier molecular flexibility index (Phi) is 4.51. The van der Waals surface area contributed by atoms with Crippen molar-refractivity contribution >= 4 is 17.7 Å². The standard InChI is InChI=1S/C28H36O7/c1-15(29)33-20-13-18-24(2,3)19(30)8-10-25(18,4)17-7-11-26(5)21(16-9-12-32-14-16)34-23(31)22-28(26,35-22)27(17,20)6/h9,12,14,17-18,20-22H,7-8,10-11,13H2,1-6H3/t17-,18+,20-,21+,22?,25-,26+,27+,28?/m1/s1. The Bertz CT molecular complexity index is 1110. The fraction of sp³-hybridized carbons (Fsp3) is 0.750. The van der Waals surface area contributed by atoms with Gasteiger partial charge in [-0.05, 0) is 49.0 Å². The summed E-state index contributed by atoms with van der Waals surface area (Å²) >= 11 is 0. The van der Waals surface area contributed by atoms with Crippen molar-refractivity contribution in [2.75, 3.05) is 0 Å². The number of carbonyl (C=O) groups is 3. The molecule has 5 fully saturated rings. The number of furan rings is 1. The number of ether oxygens (including phenoxy) is 3. The Morgan fingerprint density at radius 2 is 1.80 bits per heavy atom. The van der Waals surface area contributed by atoms with Gasteiger partial charge in [0.25, 0.3) is 0 Å². The van der Waals surface area contributed by atoms with Crippen molar-refractivity contribution in [3.8, 4) is 0 Å². The lowest BCUT2D eigenvalue weighted by Gasteiger charge is -2.69. The van der Waals surface area contributed by atoms with Crippen LogP contribution in [0.25, 0.3) is 0 Å². The molecule has 5 aliphatic rings. The second kappa shape index (κ2) is 6.78. The van der Waals surface area contributed by atoms with Gasteiger partial charge < -0.3 is 18.6 Å². The van der Waals surface area contributed by atoms with Crippen molar-refractivity contribution in [2.45, 2.75) is 97.6 Å². The Morgan fingerprint density at radius 1 is 1.06 bits per heavy atom. The molecule has 1 spiro atoms. The molecule has 0 aromatic carbocycles. The number of esters is 2. The quantitative estimate of drug-likeness (QED) is 0.440. The number of hydrogen-bond acceptors (Lipinski definition) is 7. The number of rotatable bonds is 2. The third-order valence-corrected chi connectivity index (χ3v) is 11.3. The summed E-state index contributed by atoms with van der Waals surface area (Å²) in [6.45, 7) is 12.2. The molecule has 9 atom stereocenters. The normalized spacial score (nSPS) is 49.6. The van der Waals surface area contributed by atoms with Gasteiger partial charge in [0.05, 0.1) is 12.5 Å². The monoisotopic (exact) mass is 484 g/mol. The van der Waals surface area contributed by atoms with Crippen molar-refractivity contribution in [1.29, 1.82) is 0 Å². The van der Waals surface area contributed by atoms with Crippen LogP contribution in [0.2, 0.25) is 0 Å². The molecule has 3 saturated carbocycles. The largest absolute Gasteiger partial charge is 0.472 e. The minimum Gasteiger partial charge on any atom is -0.472 e. The van der Waals surface area contributed by atoms with Crippen LogP contribution in [0.1, 0.15) is 85.3 Å². The van der Waals surface area contributed by atoms with Gasteiger partial charge in [0, 0.05) is 35.2 Å². The molecule has 2 unspecified atom stereocenters. The van der Waals surface area contributed by atoms with Crippen LogP contribution in [0.15, 0.2) is 23.0 Å². The summed E-state index contributed by atoms with van der Waals surface area (Å²) < 4.78 is 24.0. The zero-order valence-corrected chi connectivity index (χ0v) is 21.5. The molecule has 7 heteroatoms. The van der Waals surface area contributed by atoms with Crippen molar-refractivity contribution < 1.29 is 33.0 Å². The first-order valence-corrected chi connectivity index (χ1v) is 12.9. The molecule has 0 amide bonds. The minimum atomic E-state index is -0.820. The number of epoxide rings is 1. The number of cyclic esters (lactones) is 1. The SMILES string of the molecule is CC(=O)O[C@@H]1C[C@H]2C(C)(C)C(=O)CC[C@]2(C)[C@H]2CC[C@@]3(C)[C@H](c4ccoc4)OC(=O)C4OC43[C@@]21C. The van der Waals surface area contributed by atoms with Gasteiger partial charge >= 0.3 is 11.9 Å². The fourth-order valence-electron chi connectivity index (χ4n) is 9.69. The molecule has 7 nitrogen and oxygen atoms in total. The highest BCUT2D eigenvalue weighted by Gasteiger charge is 2.88. The van der Waals surface area contributed by atoms with Gasteiger partial charge in [-0.15, -0.1) is 0 Å². The average Bonchev–Trinajstić information content (AvgIpc) is 3.35. The van der Waals surface area contributed by atoms with Crippen LogP contribution in [-0.2, 0) is 28.6 Å². The summed E-state index contributed by atoms with van der Waals surface area (Å²) in [6, 6.07) is 1.85. The lowest BCUT2D eigenvalue weighted by Crippen LogP contribution is -2.73. The minimum absolute atomic E-state index is 0.0804. The van der Waals surface area contributed by atoms with E-state index in [-0.39, 0.29) is 35.0 Å². The van der Waals surface area contributed by atoms with E-state index in [2.05, 4.69) is 34.6 Å². The summed E-state index contributed by atoms with van der Waals surface area (Å²) in [5, 5.41) is 0. The maximum absolute atomic E-state index is 13.3. The van der Waals surface area contributed by atoms with Crippen LogP contribution in [0.4, 0.5) is 0 Å². The van der Waals surface area contributed by atoms with E-state index in [1.165, 1.54) is 6.92 Å². The highest BCUT2D eigenvalue weighted by Crippen LogP contribution is 2.80. The molecule has 1 aromatic heterocycles. The average molecular weight is 485 g/mol. The van der Waals surface area contributed by atoms with E-state index in [0.29, 0.717) is 12.8 Å². The van der Waals surface area contributed by atoms with Crippen molar-refractivity contribution in [2.24, 2.45) is 33.5 Å². The van der Waals surface area contributed by atoms with Crippen molar-refractivity contribution in [3.63, 3.8) is 0 Å². The summed E-state index contributed by atoms with van der Waals surface area (Å²) in [5.41, 5.74) is -1.76. The summed E-state index contributed by atoms with van der Waals surface area (Å²) in [5.74, 6) is -0.213. The predicted octanol–water partition coefficient (Wildman–Crippen LogP) is 4.78. The topological polar surface area (TPSA) is 95.3 Å². The van der Waals surface area contributed by atoms with E-state index in [4.69, 9.17) is 18.6 Å². The van der Waals surface area contributed by atoms with Gasteiger partial charge in [-0.3, -0.25) is 9.59 Å². The van der Waals surface area contributed by atoms with Crippen LogP contribution >= 0.6 is 0 Å². The van der Waals surface area contributed by atoms with Crippen LogP contribution in [0.5, 0.6) is 0 Å². The van der Waals surface area contributed by atoms with E-state index in [1.54, 1.807) is 12.5 Å². The predicted molar refractivity (Wildman–Crippen MR) is 124 cm³/mol. The Labute approximate surface area is 206 Å². The molecule has 0 bridgehead atoms. The van der Waals surface area contributed by atoms with E-state index in [0.717, 1.165) is 24.8 Å². The van der Waals surface area contributed by atoms with Crippen LogP contribution in [0, 0.1) is 33.5 Å². The smallest absolute Gasteiger partial charge is 0.339 e. The molecule has 1 aromatic rings. The number of hydrogen-bond donors (Lipinski definition) is 0. The fourth-order valence-corrected chi connectivity index (χ4v) is 9.69. The zero-order valence-electron chi connectivity index (χ0n) is 21.5. The van der Waals surface area contributed by atoms with E-state index >= 15 is 0 Å². The molecule has 3 heterocycles. The van der Waals surface area contributed by atoms with Crippen molar-refractivity contribution in [1.82, 2.24) is 0 Å². The second-order valence-corrected chi connectivity index (χ2v) is 12.9.